The van der Waals surface area contributed by atoms with Crippen LogP contribution in [-0.2, 0) is 4.84 Å². The highest BCUT2D eigenvalue weighted by Gasteiger charge is 2.44. The Balaban J connectivity index is 1.28. The van der Waals surface area contributed by atoms with Crippen LogP contribution in [0.5, 0.6) is 0 Å². The summed E-state index contributed by atoms with van der Waals surface area (Å²) in [6, 6.07) is 0.322. The molecule has 0 spiro atoms. The highest BCUT2D eigenvalue weighted by molar-refractivity contribution is 5.75. The fourth-order valence-electron chi connectivity index (χ4n) is 5.31. The zero-order valence-electron chi connectivity index (χ0n) is 15.1. The van der Waals surface area contributed by atoms with Crippen LogP contribution < -0.4 is 16.1 Å². The standard InChI is InChI=1S/C18H32N4O3/c1-2-16-20-17(21-25-16)12-3-5-14-11(9-12)4-6-15(14)19-18(24)22-8-7-13(23)10-22/h11-17,20-21,23H,2-10H2,1H3,(H,19,24)/t11?,12?,13-,14?,15-,16?,17?/m1/s1. The number of aliphatic hydroxyl groups excluding tert-OH is 1. The van der Waals surface area contributed by atoms with Crippen molar-refractivity contribution < 1.29 is 14.7 Å². The molecule has 2 amide bonds. The van der Waals surface area contributed by atoms with Gasteiger partial charge >= 0.3 is 6.03 Å². The number of nitrogens with one attached hydrogen (secondary N) is 3. The minimum Gasteiger partial charge on any atom is -0.391 e. The lowest BCUT2D eigenvalue weighted by Gasteiger charge is -2.37. The molecule has 4 aliphatic rings. The van der Waals surface area contributed by atoms with Gasteiger partial charge in [0, 0.05) is 19.1 Å². The van der Waals surface area contributed by atoms with Crippen LogP contribution in [0.2, 0.25) is 0 Å². The third-order valence-corrected chi connectivity index (χ3v) is 6.75. The minimum atomic E-state index is -0.349. The molecule has 4 N–H and O–H groups in total. The normalized spacial score (nSPS) is 44.1. The number of urea groups is 1. The van der Waals surface area contributed by atoms with Crippen LogP contribution in [0, 0.1) is 17.8 Å². The van der Waals surface area contributed by atoms with Crippen molar-refractivity contribution in [1.29, 1.82) is 0 Å². The molecule has 4 rings (SSSR count). The highest BCUT2D eigenvalue weighted by atomic mass is 16.7. The Morgan fingerprint density at radius 3 is 2.80 bits per heavy atom. The summed E-state index contributed by atoms with van der Waals surface area (Å²) in [6.45, 7) is 3.28. The molecule has 0 aromatic carbocycles. The quantitative estimate of drug-likeness (QED) is 0.612. The molecular formula is C18H32N4O3. The second-order valence-electron chi connectivity index (χ2n) is 8.30. The van der Waals surface area contributed by atoms with Crippen LogP contribution in [0.3, 0.4) is 0 Å². The van der Waals surface area contributed by atoms with Crippen molar-refractivity contribution >= 4 is 6.03 Å². The van der Waals surface area contributed by atoms with E-state index < -0.39 is 0 Å². The zero-order valence-corrected chi connectivity index (χ0v) is 15.1. The molecule has 142 valence electrons. The van der Waals surface area contributed by atoms with Gasteiger partial charge in [0.25, 0.3) is 0 Å². The maximum Gasteiger partial charge on any atom is 0.317 e. The number of carbonyl (C=O) groups is 1. The number of hydroxylamine groups is 1. The van der Waals surface area contributed by atoms with Gasteiger partial charge in [-0.2, -0.15) is 5.48 Å². The van der Waals surface area contributed by atoms with Gasteiger partial charge in [-0.1, -0.05) is 6.92 Å². The summed E-state index contributed by atoms with van der Waals surface area (Å²) in [5.41, 5.74) is 3.18. The van der Waals surface area contributed by atoms with Crippen LogP contribution >= 0.6 is 0 Å². The second kappa shape index (κ2) is 7.39. The van der Waals surface area contributed by atoms with E-state index in [9.17, 15) is 9.90 Å². The molecule has 7 atom stereocenters. The van der Waals surface area contributed by atoms with Crippen LogP contribution in [0.1, 0.15) is 51.9 Å². The smallest absolute Gasteiger partial charge is 0.317 e. The maximum atomic E-state index is 12.4. The molecule has 0 aromatic rings. The molecule has 2 saturated heterocycles. The van der Waals surface area contributed by atoms with Gasteiger partial charge in [-0.3, -0.25) is 10.2 Å². The van der Waals surface area contributed by atoms with E-state index in [2.05, 4.69) is 23.0 Å². The van der Waals surface area contributed by atoms with Gasteiger partial charge in [0.1, 0.15) is 6.23 Å². The van der Waals surface area contributed by atoms with Crippen molar-refractivity contribution in [2.75, 3.05) is 13.1 Å². The first-order valence-electron chi connectivity index (χ1n) is 10.0. The van der Waals surface area contributed by atoms with Gasteiger partial charge in [-0.15, -0.1) is 0 Å². The first kappa shape index (κ1) is 17.5. The lowest BCUT2D eigenvalue weighted by atomic mass is 9.74. The molecule has 2 heterocycles. The van der Waals surface area contributed by atoms with E-state index in [1.165, 1.54) is 25.7 Å². The summed E-state index contributed by atoms with van der Waals surface area (Å²) in [5.74, 6) is 1.93. The fourth-order valence-corrected chi connectivity index (χ4v) is 5.31. The first-order chi connectivity index (χ1) is 12.1. The molecule has 25 heavy (non-hydrogen) atoms. The average Bonchev–Trinajstić information content (AvgIpc) is 3.34. The van der Waals surface area contributed by atoms with Crippen LogP contribution in [0.15, 0.2) is 0 Å². The number of nitrogens with zero attached hydrogens (tertiary/aromatic N) is 1. The number of hydrogen-bond acceptors (Lipinski definition) is 5. The number of amides is 2. The Morgan fingerprint density at radius 2 is 2.08 bits per heavy atom. The number of β-amino-alcohol motifs (C(OH)–C–C–N with tert-alkyl or cyclic N) is 1. The highest BCUT2D eigenvalue weighted by Crippen LogP contribution is 2.45. The van der Waals surface area contributed by atoms with Crippen molar-refractivity contribution in [1.82, 2.24) is 21.0 Å². The lowest BCUT2D eigenvalue weighted by Crippen LogP contribution is -2.48. The molecule has 4 fully saturated rings. The summed E-state index contributed by atoms with van der Waals surface area (Å²) in [6.07, 6.45) is 7.60. The van der Waals surface area contributed by atoms with E-state index in [1.807, 2.05) is 0 Å². The topological polar surface area (TPSA) is 85.9 Å². The van der Waals surface area contributed by atoms with Crippen molar-refractivity contribution in [3.8, 4) is 0 Å². The third-order valence-electron chi connectivity index (χ3n) is 6.75. The molecule has 2 aliphatic heterocycles. The SMILES string of the molecule is CCC1NC(C2CCC3C(CC[C@H]3NC(=O)N3CC[C@@H](O)C3)C2)NO1. The molecule has 2 saturated carbocycles. The molecular weight excluding hydrogens is 320 g/mol. The van der Waals surface area contributed by atoms with E-state index in [1.54, 1.807) is 4.90 Å². The van der Waals surface area contributed by atoms with Gasteiger partial charge in [0.15, 0.2) is 0 Å². The van der Waals surface area contributed by atoms with E-state index in [0.717, 1.165) is 12.8 Å². The van der Waals surface area contributed by atoms with Crippen molar-refractivity contribution in [2.45, 2.75) is 76.4 Å². The van der Waals surface area contributed by atoms with Crippen LogP contribution in [0.25, 0.3) is 0 Å². The minimum absolute atomic E-state index is 0.0163. The van der Waals surface area contributed by atoms with E-state index in [-0.39, 0.29) is 24.5 Å². The Hall–Kier alpha value is -0.890. The largest absolute Gasteiger partial charge is 0.391 e. The summed E-state index contributed by atoms with van der Waals surface area (Å²) in [4.78, 5) is 19.8. The molecule has 7 heteroatoms. The Bertz CT molecular complexity index is 491. The Kier molecular flexibility index (Phi) is 5.18. The average molecular weight is 352 g/mol. The molecule has 0 bridgehead atoms. The Morgan fingerprint density at radius 1 is 1.24 bits per heavy atom. The summed E-state index contributed by atoms with van der Waals surface area (Å²) in [5, 5.41) is 16.4. The summed E-state index contributed by atoms with van der Waals surface area (Å²) < 4.78 is 0. The van der Waals surface area contributed by atoms with E-state index in [4.69, 9.17) is 4.84 Å². The molecule has 0 aromatic heterocycles. The predicted molar refractivity (Wildman–Crippen MR) is 93.3 cm³/mol. The van der Waals surface area contributed by atoms with Crippen LogP contribution in [-0.4, -0.2) is 53.7 Å². The summed E-state index contributed by atoms with van der Waals surface area (Å²) >= 11 is 0. The third kappa shape index (κ3) is 3.65. The number of fused-ring (bicyclic) bond motifs is 1. The van der Waals surface area contributed by atoms with E-state index >= 15 is 0 Å². The number of carbonyl (C=O) groups excluding carboxylic acids is 1. The number of likely N-dealkylation sites (tertiary alicyclic amines) is 1. The van der Waals surface area contributed by atoms with Gasteiger partial charge < -0.3 is 15.3 Å². The van der Waals surface area contributed by atoms with Gasteiger partial charge in [0.2, 0.25) is 0 Å². The molecule has 5 unspecified atom stereocenters. The van der Waals surface area contributed by atoms with E-state index in [0.29, 0.717) is 43.3 Å². The fraction of sp³-hybridized carbons (Fsp3) is 0.944. The van der Waals surface area contributed by atoms with Gasteiger partial charge in [-0.05, 0) is 62.7 Å². The van der Waals surface area contributed by atoms with Crippen LogP contribution in [0.4, 0.5) is 4.79 Å². The zero-order chi connectivity index (χ0) is 17.4. The van der Waals surface area contributed by atoms with Crippen molar-refractivity contribution in [3.63, 3.8) is 0 Å². The first-order valence-corrected chi connectivity index (χ1v) is 10.0. The van der Waals surface area contributed by atoms with Crippen molar-refractivity contribution in [3.05, 3.63) is 0 Å². The van der Waals surface area contributed by atoms with Crippen molar-refractivity contribution in [2.24, 2.45) is 17.8 Å². The molecule has 7 nitrogen and oxygen atoms in total. The summed E-state index contributed by atoms with van der Waals surface area (Å²) in [7, 11) is 0. The molecule has 0 radical (unpaired) electrons. The lowest BCUT2D eigenvalue weighted by molar-refractivity contribution is 0.0125. The number of hydrogen-bond donors (Lipinski definition) is 4. The molecule has 2 aliphatic carbocycles. The van der Waals surface area contributed by atoms with Gasteiger partial charge in [-0.25, -0.2) is 4.79 Å². The number of aliphatic hydroxyl groups is 1. The number of rotatable bonds is 3. The monoisotopic (exact) mass is 352 g/mol. The maximum absolute atomic E-state index is 12.4. The second-order valence-corrected chi connectivity index (χ2v) is 8.30. The predicted octanol–water partition coefficient (Wildman–Crippen LogP) is 1.14. The Labute approximate surface area is 149 Å². The van der Waals surface area contributed by atoms with Gasteiger partial charge in [0.05, 0.1) is 12.3 Å².